The van der Waals surface area contributed by atoms with E-state index in [0.29, 0.717) is 6.42 Å². The predicted octanol–water partition coefficient (Wildman–Crippen LogP) is 0.627. The second kappa shape index (κ2) is 5.33. The molecule has 0 aromatic rings. The summed E-state index contributed by atoms with van der Waals surface area (Å²) in [7, 11) is -2.54. The molecule has 5 nitrogen and oxygen atoms in total. The Morgan fingerprint density at radius 3 is 2.56 bits per heavy atom. The molecule has 16 heavy (non-hydrogen) atoms. The van der Waals surface area contributed by atoms with E-state index in [1.165, 1.54) is 6.92 Å². The summed E-state index contributed by atoms with van der Waals surface area (Å²) in [5.74, 6) is -0.767. The molecule has 0 spiro atoms. The number of sulfonamides is 1. The number of hydrogen-bond acceptors (Lipinski definition) is 4. The summed E-state index contributed by atoms with van der Waals surface area (Å²) in [6.07, 6.45) is 2.40. The van der Waals surface area contributed by atoms with Gasteiger partial charge in [0.05, 0.1) is 7.11 Å². The molecule has 3 atom stereocenters. The average molecular weight is 270 g/mol. The third-order valence-electron chi connectivity index (χ3n) is 2.75. The van der Waals surface area contributed by atoms with Crippen molar-refractivity contribution in [2.45, 2.75) is 42.9 Å². The van der Waals surface area contributed by atoms with Crippen LogP contribution in [0.4, 0.5) is 0 Å². The number of rotatable bonds is 4. The molecule has 1 rings (SSSR count). The van der Waals surface area contributed by atoms with Crippen molar-refractivity contribution in [1.82, 2.24) is 4.72 Å². The standard InChI is InChI=1S/C9H16ClNO4S/c1-6(9(12)15-2)16(13,14)11-8-5-3-4-7(8)10/h6-8,11H,3-5H2,1-2H3. The lowest BCUT2D eigenvalue weighted by Crippen LogP contribution is -2.45. The molecule has 1 saturated carbocycles. The topological polar surface area (TPSA) is 72.5 Å². The van der Waals surface area contributed by atoms with Crippen LogP contribution in [0.5, 0.6) is 0 Å². The van der Waals surface area contributed by atoms with E-state index in [9.17, 15) is 13.2 Å². The Hall–Kier alpha value is -0.330. The summed E-state index contributed by atoms with van der Waals surface area (Å²) in [5.41, 5.74) is 0. The summed E-state index contributed by atoms with van der Waals surface area (Å²) in [6.45, 7) is 1.30. The third kappa shape index (κ3) is 3.09. The molecule has 1 aliphatic rings. The van der Waals surface area contributed by atoms with E-state index in [1.54, 1.807) is 0 Å². The first-order valence-electron chi connectivity index (χ1n) is 5.11. The quantitative estimate of drug-likeness (QED) is 0.600. The molecule has 1 aliphatic carbocycles. The van der Waals surface area contributed by atoms with E-state index in [1.807, 2.05) is 0 Å². The highest BCUT2D eigenvalue weighted by atomic mass is 35.5. The second-order valence-corrected chi connectivity index (χ2v) is 6.48. The second-order valence-electron chi connectivity index (χ2n) is 3.88. The highest BCUT2D eigenvalue weighted by Crippen LogP contribution is 2.25. The van der Waals surface area contributed by atoms with Crippen LogP contribution in [-0.4, -0.2) is 38.2 Å². The Balaban J connectivity index is 2.67. The van der Waals surface area contributed by atoms with Crippen LogP contribution in [0.3, 0.4) is 0 Å². The summed E-state index contributed by atoms with van der Waals surface area (Å²) in [5, 5.41) is -1.40. The molecule has 0 aromatic carbocycles. The van der Waals surface area contributed by atoms with Gasteiger partial charge in [0.2, 0.25) is 10.0 Å². The van der Waals surface area contributed by atoms with Crippen molar-refractivity contribution in [3.05, 3.63) is 0 Å². The number of halogens is 1. The van der Waals surface area contributed by atoms with Gasteiger partial charge < -0.3 is 4.74 Å². The van der Waals surface area contributed by atoms with Crippen molar-refractivity contribution in [3.63, 3.8) is 0 Å². The lowest BCUT2D eigenvalue weighted by Gasteiger charge is -2.18. The fraction of sp³-hybridized carbons (Fsp3) is 0.889. The molecular formula is C9H16ClNO4S. The maximum Gasteiger partial charge on any atom is 0.325 e. The molecule has 0 saturated heterocycles. The fourth-order valence-electron chi connectivity index (χ4n) is 1.65. The van der Waals surface area contributed by atoms with Gasteiger partial charge in [0, 0.05) is 11.4 Å². The van der Waals surface area contributed by atoms with Crippen molar-refractivity contribution in [3.8, 4) is 0 Å². The van der Waals surface area contributed by atoms with Crippen molar-refractivity contribution < 1.29 is 17.9 Å². The maximum atomic E-state index is 11.8. The monoisotopic (exact) mass is 269 g/mol. The van der Waals surface area contributed by atoms with Crippen LogP contribution in [0.15, 0.2) is 0 Å². The lowest BCUT2D eigenvalue weighted by atomic mass is 10.3. The number of hydrogen-bond donors (Lipinski definition) is 1. The fourth-order valence-corrected chi connectivity index (χ4v) is 3.33. The van der Waals surface area contributed by atoms with Gasteiger partial charge in [0.25, 0.3) is 0 Å². The van der Waals surface area contributed by atoms with E-state index in [2.05, 4.69) is 9.46 Å². The van der Waals surface area contributed by atoms with E-state index < -0.39 is 21.2 Å². The molecular weight excluding hydrogens is 254 g/mol. The zero-order valence-electron chi connectivity index (χ0n) is 9.27. The van der Waals surface area contributed by atoms with Gasteiger partial charge in [-0.1, -0.05) is 6.42 Å². The van der Waals surface area contributed by atoms with E-state index >= 15 is 0 Å². The van der Waals surface area contributed by atoms with Crippen LogP contribution in [0, 0.1) is 0 Å². The van der Waals surface area contributed by atoms with Crippen LogP contribution in [0.25, 0.3) is 0 Å². The summed E-state index contributed by atoms with van der Waals surface area (Å²) < 4.78 is 30.4. The molecule has 0 radical (unpaired) electrons. The number of nitrogens with one attached hydrogen (secondary N) is 1. The molecule has 0 aliphatic heterocycles. The van der Waals surface area contributed by atoms with Crippen molar-refractivity contribution >= 4 is 27.6 Å². The zero-order valence-corrected chi connectivity index (χ0v) is 10.8. The van der Waals surface area contributed by atoms with Crippen LogP contribution >= 0.6 is 11.6 Å². The van der Waals surface area contributed by atoms with Crippen molar-refractivity contribution in [2.75, 3.05) is 7.11 Å². The summed E-state index contributed by atoms with van der Waals surface area (Å²) in [4.78, 5) is 11.1. The largest absolute Gasteiger partial charge is 0.468 e. The number of carbonyl (C=O) groups is 1. The highest BCUT2D eigenvalue weighted by Gasteiger charge is 2.34. The van der Waals surface area contributed by atoms with E-state index in [-0.39, 0.29) is 11.4 Å². The van der Waals surface area contributed by atoms with Crippen molar-refractivity contribution in [2.24, 2.45) is 0 Å². The smallest absolute Gasteiger partial charge is 0.325 e. The Morgan fingerprint density at radius 1 is 1.50 bits per heavy atom. The number of ether oxygens (including phenoxy) is 1. The van der Waals surface area contributed by atoms with Gasteiger partial charge in [-0.25, -0.2) is 13.1 Å². The first-order chi connectivity index (χ1) is 7.38. The normalized spacial score (nSPS) is 27.7. The highest BCUT2D eigenvalue weighted by molar-refractivity contribution is 7.90. The number of esters is 1. The molecule has 0 amide bonds. The lowest BCUT2D eigenvalue weighted by molar-refractivity contribution is -0.139. The molecule has 0 heterocycles. The van der Waals surface area contributed by atoms with Crippen LogP contribution in [-0.2, 0) is 19.6 Å². The molecule has 1 N–H and O–H groups in total. The number of alkyl halides is 1. The SMILES string of the molecule is COC(=O)C(C)S(=O)(=O)NC1CCCC1Cl. The molecule has 0 bridgehead atoms. The molecule has 94 valence electrons. The predicted molar refractivity (Wildman–Crippen MR) is 60.8 cm³/mol. The van der Waals surface area contributed by atoms with Crippen LogP contribution in [0.2, 0.25) is 0 Å². The third-order valence-corrected chi connectivity index (χ3v) is 5.02. The minimum absolute atomic E-state index is 0.195. The van der Waals surface area contributed by atoms with Crippen LogP contribution < -0.4 is 4.72 Å². The Kier molecular flexibility index (Phi) is 4.58. The number of carbonyl (C=O) groups excluding carboxylic acids is 1. The zero-order chi connectivity index (χ0) is 12.3. The minimum atomic E-state index is -3.70. The maximum absolute atomic E-state index is 11.8. The van der Waals surface area contributed by atoms with Crippen molar-refractivity contribution in [1.29, 1.82) is 0 Å². The van der Waals surface area contributed by atoms with Gasteiger partial charge in [0.1, 0.15) is 0 Å². The Bertz CT molecular complexity index is 357. The molecule has 7 heteroatoms. The molecule has 3 unspecified atom stereocenters. The number of methoxy groups -OCH3 is 1. The first-order valence-corrected chi connectivity index (χ1v) is 7.10. The molecule has 1 fully saturated rings. The Morgan fingerprint density at radius 2 is 2.12 bits per heavy atom. The van der Waals surface area contributed by atoms with Gasteiger partial charge in [0.15, 0.2) is 5.25 Å². The van der Waals surface area contributed by atoms with Gasteiger partial charge in [-0.15, -0.1) is 11.6 Å². The molecule has 0 aromatic heterocycles. The average Bonchev–Trinajstić information content (AvgIpc) is 2.61. The van der Waals surface area contributed by atoms with Crippen LogP contribution in [0.1, 0.15) is 26.2 Å². The van der Waals surface area contributed by atoms with Gasteiger partial charge in [-0.05, 0) is 19.8 Å². The first kappa shape index (κ1) is 13.7. The van der Waals surface area contributed by atoms with E-state index in [0.717, 1.165) is 20.0 Å². The minimum Gasteiger partial charge on any atom is -0.468 e. The van der Waals surface area contributed by atoms with Gasteiger partial charge in [-0.3, -0.25) is 4.79 Å². The van der Waals surface area contributed by atoms with Gasteiger partial charge >= 0.3 is 5.97 Å². The van der Waals surface area contributed by atoms with E-state index in [4.69, 9.17) is 11.6 Å². The summed E-state index contributed by atoms with van der Waals surface area (Å²) >= 11 is 5.96. The Labute approximate surface area is 101 Å². The van der Waals surface area contributed by atoms with Gasteiger partial charge in [-0.2, -0.15) is 0 Å². The summed E-state index contributed by atoms with van der Waals surface area (Å²) in [6, 6.07) is -0.279.